The quantitative estimate of drug-likeness (QED) is 0.192. The van der Waals surface area contributed by atoms with E-state index in [9.17, 15) is 29.1 Å². The number of fused-ring (bicyclic) bond motifs is 1. The molecule has 13 heteroatoms. The van der Waals surface area contributed by atoms with Gasteiger partial charge in [0, 0.05) is 43.5 Å². The Hall–Kier alpha value is -4.85. The highest BCUT2D eigenvalue weighted by Gasteiger charge is 2.46. The van der Waals surface area contributed by atoms with Crippen LogP contribution in [-0.4, -0.2) is 104 Å². The molecule has 1 aliphatic carbocycles. The summed E-state index contributed by atoms with van der Waals surface area (Å²) in [4.78, 5) is 65.7. The fourth-order valence-electron chi connectivity index (χ4n) is 5.81. The van der Waals surface area contributed by atoms with Gasteiger partial charge in [-0.15, -0.1) is 0 Å². The fraction of sp³-hybridized carbons (Fsp3) is 0.417. The van der Waals surface area contributed by atoms with Crippen molar-refractivity contribution in [3.05, 3.63) is 89.0 Å². The third kappa shape index (κ3) is 8.60. The van der Waals surface area contributed by atoms with Gasteiger partial charge in [0.25, 0.3) is 0 Å². The number of nitrogens with zero attached hydrogens (tertiary/aromatic N) is 1. The molecule has 5 atom stereocenters. The number of aliphatic hydroxyl groups is 1. The Morgan fingerprint density at radius 3 is 2.47 bits per heavy atom. The lowest BCUT2D eigenvalue weighted by Crippen LogP contribution is -2.51. The fourth-order valence-corrected chi connectivity index (χ4v) is 5.81. The van der Waals surface area contributed by atoms with E-state index < -0.39 is 65.6 Å². The molecule has 5 rings (SSSR count). The maximum absolute atomic E-state index is 13.8. The van der Waals surface area contributed by atoms with Gasteiger partial charge in [-0.2, -0.15) is 0 Å². The van der Waals surface area contributed by atoms with Crippen LogP contribution in [0.25, 0.3) is 6.08 Å². The normalized spacial score (nSPS) is 23.2. The molecule has 2 aromatic carbocycles. The van der Waals surface area contributed by atoms with Gasteiger partial charge >= 0.3 is 17.9 Å². The van der Waals surface area contributed by atoms with Crippen LogP contribution >= 0.6 is 0 Å². The molecule has 2 amide bonds. The maximum atomic E-state index is 13.8. The van der Waals surface area contributed by atoms with Crippen molar-refractivity contribution in [1.82, 2.24) is 10.2 Å². The van der Waals surface area contributed by atoms with Gasteiger partial charge in [-0.05, 0) is 35.4 Å². The summed E-state index contributed by atoms with van der Waals surface area (Å²) in [6.07, 6.45) is 1.50. The summed E-state index contributed by atoms with van der Waals surface area (Å²) in [5.74, 6) is -2.78. The highest BCUT2D eigenvalue weighted by Crippen LogP contribution is 2.33. The van der Waals surface area contributed by atoms with Crippen molar-refractivity contribution >= 4 is 35.8 Å². The molecule has 2 fully saturated rings. The Balaban J connectivity index is 1.23. The summed E-state index contributed by atoms with van der Waals surface area (Å²) < 4.78 is 27.5. The number of amides is 2. The molecule has 0 aromatic heterocycles. The van der Waals surface area contributed by atoms with Crippen LogP contribution in [0.2, 0.25) is 0 Å². The average Bonchev–Trinajstić information content (AvgIpc) is 3.68. The monoisotopic (exact) mass is 676 g/mol. The SMILES string of the molecule is CN(C(=O)C1=C[C@H]2OCO[C@H]2[C@H](OC(=O)c2ccc(C=CC(=O)O[C@H]3C(=O)OCC3(C)C)cc2)C1)[C@H](Cc1ccccc1)C(=O)NCCO. The topological polar surface area (TPSA) is 167 Å². The van der Waals surface area contributed by atoms with Crippen LogP contribution < -0.4 is 5.32 Å². The van der Waals surface area contributed by atoms with Gasteiger partial charge in [0.05, 0.1) is 12.2 Å². The second kappa shape index (κ2) is 15.6. The van der Waals surface area contributed by atoms with Crippen LogP contribution in [0.5, 0.6) is 0 Å². The summed E-state index contributed by atoms with van der Waals surface area (Å²) in [5, 5.41) is 11.9. The molecule has 2 aliphatic heterocycles. The van der Waals surface area contributed by atoms with Crippen LogP contribution in [0.3, 0.4) is 0 Å². The zero-order valence-electron chi connectivity index (χ0n) is 27.5. The van der Waals surface area contributed by atoms with Crippen molar-refractivity contribution in [2.75, 3.05) is 33.6 Å². The van der Waals surface area contributed by atoms with E-state index in [-0.39, 0.29) is 45.0 Å². The Bertz CT molecular complexity index is 1600. The van der Waals surface area contributed by atoms with E-state index in [0.29, 0.717) is 11.1 Å². The van der Waals surface area contributed by atoms with Gasteiger partial charge in [-0.1, -0.05) is 56.3 Å². The van der Waals surface area contributed by atoms with Crippen molar-refractivity contribution in [3.63, 3.8) is 0 Å². The van der Waals surface area contributed by atoms with E-state index in [2.05, 4.69) is 5.32 Å². The van der Waals surface area contributed by atoms with E-state index in [1.54, 1.807) is 32.1 Å². The van der Waals surface area contributed by atoms with Gasteiger partial charge < -0.3 is 39.0 Å². The number of rotatable bonds is 12. The number of carbonyl (C=O) groups is 5. The molecule has 2 N–H and O–H groups in total. The Morgan fingerprint density at radius 2 is 1.80 bits per heavy atom. The second-order valence-electron chi connectivity index (χ2n) is 12.7. The zero-order valence-corrected chi connectivity index (χ0v) is 27.5. The van der Waals surface area contributed by atoms with Crippen molar-refractivity contribution < 1.29 is 52.8 Å². The van der Waals surface area contributed by atoms with E-state index in [1.807, 2.05) is 30.3 Å². The standard InChI is InChI=1S/C36H40N2O11/c1-36(2)20-45-35(44)31(36)49-29(40)14-11-22-9-12-24(13-10-22)34(43)48-28-19-25(18-27-30(28)47-21-46-27)33(42)38(3)26(32(41)37-15-16-39)17-23-7-5-4-6-8-23/h4-14,18,26-28,30-31,39H,15-17,19-21H2,1-3H3,(H,37,41)/t26-,27-,28-,30-,31+/m1/s1. The Morgan fingerprint density at radius 1 is 1.06 bits per heavy atom. The summed E-state index contributed by atoms with van der Waals surface area (Å²) in [5.41, 5.74) is 1.36. The first-order valence-electron chi connectivity index (χ1n) is 16.0. The Kier molecular flexibility index (Phi) is 11.3. The minimum atomic E-state index is -0.992. The number of likely N-dealkylation sites (N-methyl/N-ethyl adjacent to an activating group) is 1. The number of hydrogen-bond acceptors (Lipinski definition) is 11. The van der Waals surface area contributed by atoms with Gasteiger partial charge in [0.2, 0.25) is 17.9 Å². The molecular formula is C36H40N2O11. The lowest BCUT2D eigenvalue weighted by atomic mass is 9.90. The van der Waals surface area contributed by atoms with Gasteiger partial charge in [-0.25, -0.2) is 14.4 Å². The number of cyclic esters (lactones) is 1. The van der Waals surface area contributed by atoms with Crippen molar-refractivity contribution in [2.45, 2.75) is 57.1 Å². The highest BCUT2D eigenvalue weighted by molar-refractivity contribution is 5.97. The van der Waals surface area contributed by atoms with Crippen molar-refractivity contribution in [3.8, 4) is 0 Å². The van der Waals surface area contributed by atoms with Crippen LogP contribution in [0, 0.1) is 5.41 Å². The van der Waals surface area contributed by atoms with Gasteiger partial charge in [0.1, 0.15) is 37.8 Å². The first kappa shape index (κ1) is 35.5. The lowest BCUT2D eigenvalue weighted by Gasteiger charge is -2.33. The number of nitrogens with one attached hydrogen (secondary N) is 1. The minimum Gasteiger partial charge on any atom is -0.462 e. The predicted octanol–water partition coefficient (Wildman–Crippen LogP) is 1.97. The second-order valence-corrected chi connectivity index (χ2v) is 12.7. The predicted molar refractivity (Wildman–Crippen MR) is 173 cm³/mol. The largest absolute Gasteiger partial charge is 0.462 e. The van der Waals surface area contributed by atoms with Crippen molar-refractivity contribution in [2.24, 2.45) is 5.41 Å². The molecule has 3 aliphatic rings. The van der Waals surface area contributed by atoms with Crippen LogP contribution in [0.15, 0.2) is 72.3 Å². The minimum absolute atomic E-state index is 0.0318. The number of benzene rings is 2. The molecule has 13 nitrogen and oxygen atoms in total. The number of hydrogen-bond donors (Lipinski definition) is 2. The first-order valence-corrected chi connectivity index (χ1v) is 16.0. The lowest BCUT2D eigenvalue weighted by molar-refractivity contribution is -0.159. The molecule has 0 saturated carbocycles. The highest BCUT2D eigenvalue weighted by atomic mass is 16.7. The molecule has 0 bridgehead atoms. The summed E-state index contributed by atoms with van der Waals surface area (Å²) >= 11 is 0. The van der Waals surface area contributed by atoms with E-state index >= 15 is 0 Å². The summed E-state index contributed by atoms with van der Waals surface area (Å²) in [6, 6.07) is 14.7. The van der Waals surface area contributed by atoms with Crippen molar-refractivity contribution in [1.29, 1.82) is 0 Å². The molecular weight excluding hydrogens is 636 g/mol. The van der Waals surface area contributed by atoms with E-state index in [0.717, 1.165) is 5.56 Å². The number of aliphatic hydroxyl groups excluding tert-OH is 1. The molecule has 49 heavy (non-hydrogen) atoms. The maximum Gasteiger partial charge on any atom is 0.348 e. The van der Waals surface area contributed by atoms with Gasteiger partial charge in [-0.3, -0.25) is 9.59 Å². The summed E-state index contributed by atoms with van der Waals surface area (Å²) in [7, 11) is 1.54. The molecule has 0 radical (unpaired) electrons. The Labute approximate surface area is 283 Å². The molecule has 0 unspecified atom stereocenters. The third-order valence-corrected chi connectivity index (χ3v) is 8.61. The molecule has 0 spiro atoms. The average molecular weight is 677 g/mol. The first-order chi connectivity index (χ1) is 23.5. The smallest absolute Gasteiger partial charge is 0.348 e. The number of carbonyl (C=O) groups excluding carboxylic acids is 5. The van der Waals surface area contributed by atoms with Crippen LogP contribution in [0.4, 0.5) is 0 Å². The van der Waals surface area contributed by atoms with Crippen LogP contribution in [0.1, 0.15) is 41.8 Å². The van der Waals surface area contributed by atoms with E-state index in [1.165, 1.54) is 36.2 Å². The van der Waals surface area contributed by atoms with Crippen LogP contribution in [-0.2, 0) is 49.3 Å². The van der Waals surface area contributed by atoms with E-state index in [4.69, 9.17) is 23.7 Å². The number of esters is 3. The zero-order chi connectivity index (χ0) is 35.1. The number of ether oxygens (including phenoxy) is 5. The third-order valence-electron chi connectivity index (χ3n) is 8.61. The van der Waals surface area contributed by atoms with Gasteiger partial charge in [0.15, 0.2) is 0 Å². The molecule has 260 valence electrons. The summed E-state index contributed by atoms with van der Waals surface area (Å²) in [6.45, 7) is 3.47. The molecule has 2 heterocycles. The molecule has 2 aromatic rings. The molecule has 2 saturated heterocycles.